The summed E-state index contributed by atoms with van der Waals surface area (Å²) >= 11 is 1.28. The summed E-state index contributed by atoms with van der Waals surface area (Å²) in [5, 5.41) is 2.99. The molecule has 2 N–H and O–H groups in total. The molecule has 0 radical (unpaired) electrons. The minimum Gasteiger partial charge on any atom is -0.380 e. The van der Waals surface area contributed by atoms with Gasteiger partial charge in [-0.05, 0) is 33.0 Å². The smallest absolute Gasteiger partial charge is 0.250 e. The first kappa shape index (κ1) is 15.6. The molecule has 1 aromatic heterocycles. The molecule has 1 rings (SSSR count). The van der Waals surface area contributed by atoms with Gasteiger partial charge in [0, 0.05) is 24.1 Å². The van der Waals surface area contributed by atoms with Crippen molar-refractivity contribution in [3.05, 3.63) is 17.0 Å². The second-order valence-corrected chi connectivity index (χ2v) is 7.04. The van der Waals surface area contributed by atoms with E-state index in [1.807, 2.05) is 20.0 Å². The summed E-state index contributed by atoms with van der Waals surface area (Å²) in [7, 11) is -1.60. The zero-order chi connectivity index (χ0) is 13.6. The van der Waals surface area contributed by atoms with Crippen LogP contribution in [0.5, 0.6) is 0 Å². The van der Waals surface area contributed by atoms with Crippen LogP contribution in [-0.4, -0.2) is 34.7 Å². The summed E-state index contributed by atoms with van der Waals surface area (Å²) in [4.78, 5) is 0.996. The molecule has 0 bridgehead atoms. The van der Waals surface area contributed by atoms with Gasteiger partial charge in [-0.1, -0.05) is 0 Å². The van der Waals surface area contributed by atoms with Crippen molar-refractivity contribution in [2.24, 2.45) is 0 Å². The Balaban J connectivity index is 2.67. The van der Waals surface area contributed by atoms with E-state index in [4.69, 9.17) is 4.74 Å². The summed E-state index contributed by atoms with van der Waals surface area (Å²) in [5.74, 6) is 0. The Morgan fingerprint density at radius 2 is 2.17 bits per heavy atom. The van der Waals surface area contributed by atoms with E-state index in [1.54, 1.807) is 13.0 Å². The fourth-order valence-corrected chi connectivity index (χ4v) is 4.04. The van der Waals surface area contributed by atoms with Crippen LogP contribution < -0.4 is 10.0 Å². The van der Waals surface area contributed by atoms with Gasteiger partial charge < -0.3 is 10.1 Å². The SMILES string of the molecule is CCOCC(C)NS(=O)(=O)c1ccc(CNC)s1. The van der Waals surface area contributed by atoms with Crippen LogP contribution in [0.1, 0.15) is 18.7 Å². The molecule has 0 saturated carbocycles. The fourth-order valence-electron chi connectivity index (χ4n) is 1.42. The van der Waals surface area contributed by atoms with Gasteiger partial charge in [-0.15, -0.1) is 11.3 Å². The van der Waals surface area contributed by atoms with E-state index in [1.165, 1.54) is 11.3 Å². The molecular weight excluding hydrogens is 272 g/mol. The number of sulfonamides is 1. The average Bonchev–Trinajstić information content (AvgIpc) is 2.75. The highest BCUT2D eigenvalue weighted by Crippen LogP contribution is 2.21. The van der Waals surface area contributed by atoms with Crippen molar-refractivity contribution in [2.75, 3.05) is 20.3 Å². The predicted molar refractivity (Wildman–Crippen MR) is 73.4 cm³/mol. The van der Waals surface area contributed by atoms with E-state index in [0.29, 0.717) is 24.0 Å². The molecule has 1 aromatic rings. The summed E-state index contributed by atoms with van der Waals surface area (Å²) in [5.41, 5.74) is 0. The zero-order valence-corrected chi connectivity index (χ0v) is 12.5. The van der Waals surface area contributed by atoms with E-state index in [0.717, 1.165) is 4.88 Å². The van der Waals surface area contributed by atoms with Crippen LogP contribution in [0.15, 0.2) is 16.3 Å². The topological polar surface area (TPSA) is 67.4 Å². The highest BCUT2D eigenvalue weighted by atomic mass is 32.2. The van der Waals surface area contributed by atoms with E-state index in [-0.39, 0.29) is 6.04 Å². The molecule has 0 aliphatic carbocycles. The van der Waals surface area contributed by atoms with Crippen molar-refractivity contribution in [3.8, 4) is 0 Å². The zero-order valence-electron chi connectivity index (χ0n) is 10.9. The van der Waals surface area contributed by atoms with Gasteiger partial charge in [0.1, 0.15) is 4.21 Å². The van der Waals surface area contributed by atoms with Crippen LogP contribution in [0.3, 0.4) is 0 Å². The van der Waals surface area contributed by atoms with Gasteiger partial charge in [0.05, 0.1) is 6.61 Å². The van der Waals surface area contributed by atoms with Crippen LogP contribution >= 0.6 is 11.3 Å². The van der Waals surface area contributed by atoms with Crippen molar-refractivity contribution in [3.63, 3.8) is 0 Å². The Bertz CT molecular complexity index is 457. The molecule has 0 fully saturated rings. The molecule has 7 heteroatoms. The maximum atomic E-state index is 12.0. The number of nitrogens with one attached hydrogen (secondary N) is 2. The molecule has 0 saturated heterocycles. The molecule has 1 heterocycles. The van der Waals surface area contributed by atoms with Gasteiger partial charge in [-0.2, -0.15) is 0 Å². The molecule has 1 unspecified atom stereocenters. The van der Waals surface area contributed by atoms with Gasteiger partial charge in [0.25, 0.3) is 0 Å². The lowest BCUT2D eigenvalue weighted by atomic mass is 10.4. The highest BCUT2D eigenvalue weighted by molar-refractivity contribution is 7.91. The first-order chi connectivity index (χ1) is 8.49. The second kappa shape index (κ2) is 7.20. The standard InChI is InChI=1S/C11H20N2O3S2/c1-4-16-8-9(2)13-18(14,15)11-6-5-10(17-11)7-12-3/h5-6,9,12-13H,4,7-8H2,1-3H3. The average molecular weight is 292 g/mol. The van der Waals surface area contributed by atoms with E-state index in [2.05, 4.69) is 10.0 Å². The van der Waals surface area contributed by atoms with Crippen molar-refractivity contribution in [1.82, 2.24) is 10.0 Å². The van der Waals surface area contributed by atoms with Gasteiger partial charge in [-0.25, -0.2) is 13.1 Å². The highest BCUT2D eigenvalue weighted by Gasteiger charge is 2.19. The normalized spacial score (nSPS) is 13.7. The quantitative estimate of drug-likeness (QED) is 0.755. The third kappa shape index (κ3) is 4.66. The van der Waals surface area contributed by atoms with E-state index in [9.17, 15) is 8.42 Å². The van der Waals surface area contributed by atoms with Crippen LogP contribution in [0.25, 0.3) is 0 Å². The summed E-state index contributed by atoms with van der Waals surface area (Å²) in [6.07, 6.45) is 0. The number of hydrogen-bond acceptors (Lipinski definition) is 5. The number of hydrogen-bond donors (Lipinski definition) is 2. The van der Waals surface area contributed by atoms with Crippen molar-refractivity contribution < 1.29 is 13.2 Å². The van der Waals surface area contributed by atoms with Crippen LogP contribution in [0.2, 0.25) is 0 Å². The maximum absolute atomic E-state index is 12.0. The molecule has 5 nitrogen and oxygen atoms in total. The lowest BCUT2D eigenvalue weighted by Gasteiger charge is -2.12. The Morgan fingerprint density at radius 3 is 2.78 bits per heavy atom. The molecule has 104 valence electrons. The Kier molecular flexibility index (Phi) is 6.24. The minimum absolute atomic E-state index is 0.232. The number of rotatable bonds is 8. The maximum Gasteiger partial charge on any atom is 0.250 e. The second-order valence-electron chi connectivity index (χ2n) is 3.93. The van der Waals surface area contributed by atoms with Gasteiger partial charge >= 0.3 is 0 Å². The molecular formula is C11H20N2O3S2. The fraction of sp³-hybridized carbons (Fsp3) is 0.636. The third-order valence-corrected chi connectivity index (χ3v) is 5.35. The monoisotopic (exact) mass is 292 g/mol. The Morgan fingerprint density at radius 1 is 1.44 bits per heavy atom. The lowest BCUT2D eigenvalue weighted by molar-refractivity contribution is 0.133. The molecule has 0 amide bonds. The molecule has 0 spiro atoms. The van der Waals surface area contributed by atoms with E-state index >= 15 is 0 Å². The molecule has 0 aliphatic heterocycles. The Hall–Kier alpha value is -0.470. The van der Waals surface area contributed by atoms with Crippen LogP contribution in [0.4, 0.5) is 0 Å². The molecule has 1 atom stereocenters. The number of thiophene rings is 1. The molecule has 0 aliphatic rings. The number of ether oxygens (including phenoxy) is 1. The minimum atomic E-state index is -3.43. The summed E-state index contributed by atoms with van der Waals surface area (Å²) in [6.45, 7) is 5.30. The first-order valence-electron chi connectivity index (χ1n) is 5.83. The summed E-state index contributed by atoms with van der Waals surface area (Å²) in [6, 6.07) is 3.22. The predicted octanol–water partition coefficient (Wildman–Crippen LogP) is 1.17. The largest absolute Gasteiger partial charge is 0.380 e. The van der Waals surface area contributed by atoms with Gasteiger partial charge in [-0.3, -0.25) is 0 Å². The van der Waals surface area contributed by atoms with Crippen LogP contribution in [0, 0.1) is 0 Å². The van der Waals surface area contributed by atoms with Crippen molar-refractivity contribution in [2.45, 2.75) is 30.6 Å². The van der Waals surface area contributed by atoms with Crippen molar-refractivity contribution >= 4 is 21.4 Å². The first-order valence-corrected chi connectivity index (χ1v) is 8.13. The third-order valence-electron chi connectivity index (χ3n) is 2.18. The van der Waals surface area contributed by atoms with Gasteiger partial charge in [0.2, 0.25) is 10.0 Å². The van der Waals surface area contributed by atoms with Gasteiger partial charge in [0.15, 0.2) is 0 Å². The molecule has 0 aromatic carbocycles. The van der Waals surface area contributed by atoms with Crippen LogP contribution in [-0.2, 0) is 21.3 Å². The van der Waals surface area contributed by atoms with Crippen molar-refractivity contribution in [1.29, 1.82) is 0 Å². The lowest BCUT2D eigenvalue weighted by Crippen LogP contribution is -2.35. The Labute approximate surface area is 113 Å². The molecule has 18 heavy (non-hydrogen) atoms. The summed E-state index contributed by atoms with van der Waals surface area (Å²) < 4.78 is 32.2. The van der Waals surface area contributed by atoms with E-state index < -0.39 is 10.0 Å².